The maximum absolute atomic E-state index is 9.27. The minimum atomic E-state index is -1.01. The molecule has 0 bridgehead atoms. The van der Waals surface area contributed by atoms with Crippen molar-refractivity contribution in [2.75, 3.05) is 0 Å². The molecule has 0 aliphatic heterocycles. The Morgan fingerprint density at radius 3 is 1.85 bits per heavy atom. The first-order valence-corrected chi connectivity index (χ1v) is 13.2. The van der Waals surface area contributed by atoms with Crippen molar-refractivity contribution in [1.82, 2.24) is 0 Å². The summed E-state index contributed by atoms with van der Waals surface area (Å²) in [6.07, 6.45) is 8.82. The molecule has 1 N–H and O–H groups in total. The molecule has 0 fully saturated rings. The van der Waals surface area contributed by atoms with Crippen molar-refractivity contribution in [3.05, 3.63) is 52.2 Å². The van der Waals surface area contributed by atoms with E-state index in [1.165, 1.54) is 15.1 Å². The number of allylic oxidation sites excluding steroid dienone is 4. The molecule has 0 spiro atoms. The maximum Gasteiger partial charge on any atom is 0.0393 e. The first kappa shape index (κ1) is 31.9. The maximum atomic E-state index is 9.27. The van der Waals surface area contributed by atoms with Crippen LogP contribution in [0.15, 0.2) is 35.5 Å². The van der Waals surface area contributed by atoms with Crippen molar-refractivity contribution < 1.29 is 49.9 Å². The van der Waals surface area contributed by atoms with Crippen molar-refractivity contribution in [1.29, 1.82) is 0 Å². The molecule has 0 unspecified atom stereocenters. The number of benzene rings is 1. The van der Waals surface area contributed by atoms with Gasteiger partial charge in [0.05, 0.1) is 0 Å². The van der Waals surface area contributed by atoms with Gasteiger partial charge >= 0.3 is 37.6 Å². The molecule has 1 aromatic carbocycles. The Kier molecular flexibility index (Phi) is 16.8. The summed E-state index contributed by atoms with van der Waals surface area (Å²) >= 11 is 7.88. The molecule has 2 rings (SSSR count). The van der Waals surface area contributed by atoms with Crippen molar-refractivity contribution in [3.8, 4) is 5.75 Å². The zero-order chi connectivity index (χ0) is 19.8. The largest absolute Gasteiger partial charge is 1.00 e. The van der Waals surface area contributed by atoms with Crippen LogP contribution in [0.3, 0.4) is 0 Å². The van der Waals surface area contributed by atoms with Crippen LogP contribution in [0.5, 0.6) is 5.75 Å². The summed E-state index contributed by atoms with van der Waals surface area (Å²) < 4.78 is 1.42. The Morgan fingerprint density at radius 2 is 1.59 bits per heavy atom. The number of hydrogen-bond donors (Lipinski definition) is 1. The quantitative estimate of drug-likeness (QED) is 0.460. The predicted octanol–water partition coefficient (Wildman–Crippen LogP) is 0.650. The third-order valence-electron chi connectivity index (χ3n) is 3.25. The molecule has 1 aliphatic rings. The number of phenols is 1. The monoisotopic (exact) mass is 481 g/mol. The molecule has 1 aromatic rings. The minimum absolute atomic E-state index is 0. The van der Waals surface area contributed by atoms with E-state index in [-0.39, 0.29) is 36.0 Å². The molecule has 0 saturated heterocycles. The molecule has 0 heterocycles. The Labute approximate surface area is 196 Å². The molecule has 0 radical (unpaired) electrons. The normalized spacial score (nSPS) is 12.3. The number of hydrogen-bond acceptors (Lipinski definition) is 1. The van der Waals surface area contributed by atoms with E-state index in [0.717, 1.165) is 12.0 Å². The summed E-state index contributed by atoms with van der Waals surface area (Å²) in [6.45, 7) is 17.5. The van der Waals surface area contributed by atoms with E-state index in [1.54, 1.807) is 6.07 Å². The van der Waals surface area contributed by atoms with Crippen LogP contribution >= 0.6 is 11.6 Å². The van der Waals surface area contributed by atoms with E-state index in [4.69, 9.17) is 11.6 Å². The first-order valence-electron chi connectivity index (χ1n) is 8.53. The summed E-state index contributed by atoms with van der Waals surface area (Å²) in [5.41, 5.74) is 1.08. The van der Waals surface area contributed by atoms with Crippen molar-refractivity contribution in [3.63, 3.8) is 0 Å². The SMILES string of the molecule is CC(C)(C)c1cc(O)cc(Cl)c1.C[C](C)=[Ti+].C[Si](C)(C)C1=[C-]CC=C1.[Cl-].[Cl-]. The second-order valence-electron chi connectivity index (χ2n) is 8.40. The fourth-order valence-corrected chi connectivity index (χ4v) is 3.41. The third-order valence-corrected chi connectivity index (χ3v) is 5.43. The molecule has 6 heteroatoms. The Bertz CT molecular complexity index is 618. The van der Waals surface area contributed by atoms with Gasteiger partial charge in [-0.3, -0.25) is 6.08 Å². The summed E-state index contributed by atoms with van der Waals surface area (Å²) in [7, 11) is -1.01. The summed E-state index contributed by atoms with van der Waals surface area (Å²) in [4.78, 5) is 0. The van der Waals surface area contributed by atoms with Gasteiger partial charge in [-0.25, -0.2) is 11.3 Å². The average Bonchev–Trinajstić information content (AvgIpc) is 2.89. The summed E-state index contributed by atoms with van der Waals surface area (Å²) in [5, 5.41) is 11.3. The fourth-order valence-electron chi connectivity index (χ4n) is 1.93. The van der Waals surface area contributed by atoms with Crippen LogP contribution in [0, 0.1) is 6.08 Å². The predicted molar refractivity (Wildman–Crippen MR) is 112 cm³/mol. The van der Waals surface area contributed by atoms with Gasteiger partial charge in [-0.2, -0.15) is 6.08 Å². The zero-order valence-corrected chi connectivity index (χ0v) is 22.5. The van der Waals surface area contributed by atoms with E-state index in [1.807, 2.05) is 6.07 Å². The van der Waals surface area contributed by atoms with Gasteiger partial charge in [-0.05, 0) is 29.2 Å². The van der Waals surface area contributed by atoms with Crippen LogP contribution in [0.25, 0.3) is 0 Å². The van der Waals surface area contributed by atoms with Gasteiger partial charge in [0.1, 0.15) is 5.75 Å². The molecule has 153 valence electrons. The topological polar surface area (TPSA) is 20.2 Å². The molecule has 0 aromatic heterocycles. The molecule has 1 nitrogen and oxygen atoms in total. The van der Waals surface area contributed by atoms with Gasteiger partial charge < -0.3 is 29.9 Å². The number of rotatable bonds is 1. The number of aromatic hydroxyl groups is 1. The molecule has 1 aliphatic carbocycles. The summed E-state index contributed by atoms with van der Waals surface area (Å²) in [6, 6.07) is 5.16. The summed E-state index contributed by atoms with van der Waals surface area (Å²) in [5.74, 6) is 0.229. The van der Waals surface area contributed by atoms with E-state index in [2.05, 4.69) is 92.5 Å². The molecule has 0 atom stereocenters. The van der Waals surface area contributed by atoms with Gasteiger partial charge in [0.2, 0.25) is 0 Å². The number of phenolic OH excluding ortho intramolecular Hbond substituents is 1. The number of halogens is 3. The van der Waals surface area contributed by atoms with Crippen LogP contribution in [0.1, 0.15) is 46.6 Å². The Balaban J connectivity index is -0.000000343. The van der Waals surface area contributed by atoms with Crippen molar-refractivity contribution >= 4 is 23.5 Å². The van der Waals surface area contributed by atoms with E-state index in [0.29, 0.717) is 5.02 Å². The zero-order valence-electron chi connectivity index (χ0n) is 17.7. The van der Waals surface area contributed by atoms with Gasteiger partial charge in [0.25, 0.3) is 0 Å². The molecule has 0 amide bonds. The third kappa shape index (κ3) is 15.7. The minimum Gasteiger partial charge on any atom is -1.00 e. The van der Waals surface area contributed by atoms with Crippen LogP contribution in [-0.4, -0.2) is 17.0 Å². The van der Waals surface area contributed by atoms with Crippen LogP contribution in [0.4, 0.5) is 0 Å². The van der Waals surface area contributed by atoms with Gasteiger partial charge in [0.15, 0.2) is 0 Å². The van der Waals surface area contributed by atoms with Crippen LogP contribution < -0.4 is 24.8 Å². The molecule has 0 saturated carbocycles. The Hall–Kier alpha value is 0.171. The van der Waals surface area contributed by atoms with E-state index < -0.39 is 8.07 Å². The van der Waals surface area contributed by atoms with Gasteiger partial charge in [-0.1, -0.05) is 52.0 Å². The van der Waals surface area contributed by atoms with Crippen LogP contribution in [0.2, 0.25) is 24.7 Å². The molecular formula is C21H32Cl3OSiTi-2. The first-order chi connectivity index (χ1) is 11.2. The van der Waals surface area contributed by atoms with Gasteiger partial charge in [0, 0.05) is 13.1 Å². The van der Waals surface area contributed by atoms with Crippen molar-refractivity contribution in [2.45, 2.75) is 66.1 Å². The second-order valence-corrected chi connectivity index (χ2v) is 15.4. The second kappa shape index (κ2) is 14.2. The van der Waals surface area contributed by atoms with Crippen LogP contribution in [-0.2, 0) is 25.4 Å². The van der Waals surface area contributed by atoms with Crippen molar-refractivity contribution in [2.24, 2.45) is 0 Å². The standard InChI is InChI=1S/C10H13ClO.C8H13Si.C3H6.2ClH.Ti/c1-10(2,3)7-4-8(11)6-9(12)5-7;1-9(2,3)8-6-4-5-7-8;1-3-2;;;/h4-6,12H,1-3H3;4,6H,5H2,1-3H3;1-2H3;2*1H;/q;-1;;;;+1/p-2. The smallest absolute Gasteiger partial charge is 0.0393 e. The molecule has 27 heavy (non-hydrogen) atoms. The van der Waals surface area contributed by atoms with E-state index in [9.17, 15) is 5.11 Å². The fraction of sp³-hybridized carbons (Fsp3) is 0.476. The average molecular weight is 483 g/mol. The Morgan fingerprint density at radius 1 is 1.11 bits per heavy atom. The van der Waals surface area contributed by atoms with E-state index >= 15 is 0 Å². The molecular weight excluding hydrogens is 451 g/mol. The van der Waals surface area contributed by atoms with Gasteiger partial charge in [-0.15, -0.1) is 6.42 Å².